The summed E-state index contributed by atoms with van der Waals surface area (Å²) in [5.41, 5.74) is 7.79. The number of hydrogen-bond donors (Lipinski definition) is 1. The molecule has 0 bridgehead atoms. The third-order valence-corrected chi connectivity index (χ3v) is 3.01. The average molecular weight is 208 g/mol. The molecule has 0 radical (unpaired) electrons. The van der Waals surface area contributed by atoms with Crippen LogP contribution in [0.15, 0.2) is 0 Å². The van der Waals surface area contributed by atoms with Gasteiger partial charge in [0.2, 0.25) is 5.91 Å². The quantitative estimate of drug-likeness (QED) is 0.662. The van der Waals surface area contributed by atoms with Crippen LogP contribution in [0.4, 0.5) is 5.82 Å². The van der Waals surface area contributed by atoms with Gasteiger partial charge in [-0.3, -0.25) is 9.69 Å². The molecular weight excluding hydrogens is 192 g/mol. The molecule has 0 aliphatic carbocycles. The van der Waals surface area contributed by atoms with E-state index in [-0.39, 0.29) is 5.91 Å². The predicted octanol–water partition coefficient (Wildman–Crippen LogP) is 0.194. The lowest BCUT2D eigenvalue weighted by atomic mass is 10.2. The molecule has 0 saturated carbocycles. The summed E-state index contributed by atoms with van der Waals surface area (Å²) in [5.74, 6) is 0.849. The van der Waals surface area contributed by atoms with Crippen LogP contribution in [0.5, 0.6) is 0 Å². The zero-order chi connectivity index (χ0) is 11.2. The Morgan fingerprint density at radius 2 is 2.13 bits per heavy atom. The molecule has 0 fully saturated rings. The number of hydrogen-bond acceptors (Lipinski definition) is 3. The molecule has 5 nitrogen and oxygen atoms in total. The predicted molar refractivity (Wildman–Crippen MR) is 57.7 cm³/mol. The maximum atomic E-state index is 11.8. The summed E-state index contributed by atoms with van der Waals surface area (Å²) < 4.78 is 1.87. The van der Waals surface area contributed by atoms with Gasteiger partial charge in [0.05, 0.1) is 11.7 Å². The topological polar surface area (TPSA) is 64.2 Å². The van der Waals surface area contributed by atoms with Crippen LogP contribution in [0, 0.1) is 13.8 Å². The van der Waals surface area contributed by atoms with Gasteiger partial charge in [0, 0.05) is 19.2 Å². The van der Waals surface area contributed by atoms with Gasteiger partial charge in [-0.25, -0.2) is 4.68 Å². The van der Waals surface area contributed by atoms with Gasteiger partial charge in [-0.2, -0.15) is 5.10 Å². The molecule has 0 saturated heterocycles. The van der Waals surface area contributed by atoms with E-state index in [0.29, 0.717) is 13.0 Å². The number of likely N-dealkylation sites (N-methyl/N-ethyl adjacent to an activating group) is 1. The summed E-state index contributed by atoms with van der Waals surface area (Å²) in [6.45, 7) is 4.64. The van der Waals surface area contributed by atoms with Gasteiger partial charge < -0.3 is 5.73 Å². The lowest BCUT2D eigenvalue weighted by molar-refractivity contribution is -0.119. The van der Waals surface area contributed by atoms with E-state index in [4.69, 9.17) is 5.73 Å². The maximum absolute atomic E-state index is 11.8. The summed E-state index contributed by atoms with van der Waals surface area (Å²) in [6, 6.07) is -0.406. The molecule has 1 amide bonds. The zero-order valence-corrected chi connectivity index (χ0v) is 9.32. The Morgan fingerprint density at radius 3 is 2.80 bits per heavy atom. The normalized spacial score (nSPS) is 21.5. The maximum Gasteiger partial charge on any atom is 0.244 e. The molecule has 2 rings (SSSR count). The van der Waals surface area contributed by atoms with E-state index in [1.54, 1.807) is 11.9 Å². The number of carbonyl (C=O) groups is 1. The molecule has 0 spiro atoms. The van der Waals surface area contributed by atoms with Crippen LogP contribution in [0.3, 0.4) is 0 Å². The number of fused-ring (bicyclic) bond motifs is 1. The van der Waals surface area contributed by atoms with Crippen LogP contribution in [0.1, 0.15) is 17.7 Å². The van der Waals surface area contributed by atoms with Crippen molar-refractivity contribution in [2.45, 2.75) is 32.9 Å². The Hall–Kier alpha value is -1.36. The zero-order valence-electron chi connectivity index (χ0n) is 9.32. The highest BCUT2D eigenvalue weighted by atomic mass is 16.2. The number of nitrogens with two attached hydrogens (primary N) is 1. The van der Waals surface area contributed by atoms with Crippen molar-refractivity contribution in [3.8, 4) is 0 Å². The first-order valence-electron chi connectivity index (χ1n) is 5.09. The minimum Gasteiger partial charge on any atom is -0.320 e. The van der Waals surface area contributed by atoms with Crippen molar-refractivity contribution in [3.63, 3.8) is 0 Å². The van der Waals surface area contributed by atoms with E-state index < -0.39 is 6.04 Å². The molecule has 82 valence electrons. The highest BCUT2D eigenvalue weighted by Crippen LogP contribution is 2.25. The van der Waals surface area contributed by atoms with E-state index in [1.807, 2.05) is 18.5 Å². The SMILES string of the molecule is Cc1nn2c(c1C)N(C)C(=O)[C@@H](N)CC2. The molecule has 0 aromatic carbocycles. The van der Waals surface area contributed by atoms with Gasteiger partial charge in [0.1, 0.15) is 5.82 Å². The fourth-order valence-corrected chi connectivity index (χ4v) is 1.98. The van der Waals surface area contributed by atoms with Crippen LogP contribution < -0.4 is 10.6 Å². The van der Waals surface area contributed by atoms with Crippen LogP contribution in [-0.2, 0) is 11.3 Å². The second kappa shape index (κ2) is 3.34. The average Bonchev–Trinajstić information content (AvgIpc) is 2.44. The highest BCUT2D eigenvalue weighted by molar-refractivity contribution is 5.96. The smallest absolute Gasteiger partial charge is 0.244 e. The van der Waals surface area contributed by atoms with Gasteiger partial charge in [-0.15, -0.1) is 0 Å². The number of nitrogens with zero attached hydrogens (tertiary/aromatic N) is 3. The van der Waals surface area contributed by atoms with Crippen molar-refractivity contribution in [1.29, 1.82) is 0 Å². The molecule has 1 aromatic heterocycles. The van der Waals surface area contributed by atoms with Crippen LogP contribution in [0.25, 0.3) is 0 Å². The first-order valence-corrected chi connectivity index (χ1v) is 5.09. The monoisotopic (exact) mass is 208 g/mol. The van der Waals surface area contributed by atoms with E-state index in [1.165, 1.54) is 0 Å². The Kier molecular flexibility index (Phi) is 2.26. The molecule has 2 heterocycles. The largest absolute Gasteiger partial charge is 0.320 e. The van der Waals surface area contributed by atoms with Crippen LogP contribution in [-0.4, -0.2) is 28.8 Å². The number of carbonyl (C=O) groups excluding carboxylic acids is 1. The lowest BCUT2D eigenvalue weighted by Gasteiger charge is -2.17. The third-order valence-electron chi connectivity index (χ3n) is 3.01. The highest BCUT2D eigenvalue weighted by Gasteiger charge is 2.28. The lowest BCUT2D eigenvalue weighted by Crippen LogP contribution is -2.40. The van der Waals surface area contributed by atoms with Gasteiger partial charge >= 0.3 is 0 Å². The molecular formula is C10H16N4O. The molecule has 2 N–H and O–H groups in total. The van der Waals surface area contributed by atoms with Crippen LogP contribution >= 0.6 is 0 Å². The fourth-order valence-electron chi connectivity index (χ4n) is 1.98. The first-order chi connectivity index (χ1) is 7.02. The van der Waals surface area contributed by atoms with E-state index in [2.05, 4.69) is 5.10 Å². The van der Waals surface area contributed by atoms with Gasteiger partial charge in [-0.1, -0.05) is 0 Å². The Bertz CT molecular complexity index is 410. The van der Waals surface area contributed by atoms with Crippen molar-refractivity contribution < 1.29 is 4.79 Å². The fraction of sp³-hybridized carbons (Fsp3) is 0.600. The molecule has 0 unspecified atom stereocenters. The van der Waals surface area contributed by atoms with E-state index in [0.717, 1.165) is 17.1 Å². The minimum atomic E-state index is -0.406. The molecule has 1 aliphatic heterocycles. The van der Waals surface area contributed by atoms with Crippen molar-refractivity contribution in [3.05, 3.63) is 11.3 Å². The van der Waals surface area contributed by atoms with E-state index >= 15 is 0 Å². The molecule has 1 atom stereocenters. The summed E-state index contributed by atoms with van der Waals surface area (Å²) in [7, 11) is 1.76. The summed E-state index contributed by atoms with van der Waals surface area (Å²) in [6.07, 6.45) is 0.650. The van der Waals surface area contributed by atoms with Crippen LogP contribution in [0.2, 0.25) is 0 Å². The summed E-state index contributed by atoms with van der Waals surface area (Å²) in [5, 5.41) is 4.40. The van der Waals surface area contributed by atoms with Crippen molar-refractivity contribution >= 4 is 11.7 Å². The van der Waals surface area contributed by atoms with Gasteiger partial charge in [0.15, 0.2) is 0 Å². The second-order valence-electron chi connectivity index (χ2n) is 4.05. The molecule has 1 aromatic rings. The van der Waals surface area contributed by atoms with Crippen molar-refractivity contribution in [2.75, 3.05) is 11.9 Å². The minimum absolute atomic E-state index is 0.0308. The Morgan fingerprint density at radius 1 is 1.47 bits per heavy atom. The Balaban J connectivity index is 2.52. The number of rotatable bonds is 0. The van der Waals surface area contributed by atoms with Gasteiger partial charge in [-0.05, 0) is 20.3 Å². The number of aromatic nitrogens is 2. The van der Waals surface area contributed by atoms with E-state index in [9.17, 15) is 4.79 Å². The summed E-state index contributed by atoms with van der Waals surface area (Å²) in [4.78, 5) is 13.4. The van der Waals surface area contributed by atoms with Crippen molar-refractivity contribution in [1.82, 2.24) is 9.78 Å². The standard InChI is InChI=1S/C10H16N4O/c1-6-7(2)12-14-5-4-8(11)10(15)13(3)9(6)14/h8H,4-5,11H2,1-3H3/t8-/m0/s1. The second-order valence-corrected chi connectivity index (χ2v) is 4.05. The molecule has 1 aliphatic rings. The number of amides is 1. The third kappa shape index (κ3) is 1.43. The number of aryl methyl sites for hydroxylation is 2. The number of anilines is 1. The van der Waals surface area contributed by atoms with Gasteiger partial charge in [0.25, 0.3) is 0 Å². The molecule has 15 heavy (non-hydrogen) atoms. The Labute approximate surface area is 88.8 Å². The summed E-state index contributed by atoms with van der Waals surface area (Å²) >= 11 is 0. The van der Waals surface area contributed by atoms with Crippen molar-refractivity contribution in [2.24, 2.45) is 5.73 Å². The molecule has 5 heteroatoms. The first kappa shape index (κ1) is 10.2.